The highest BCUT2D eigenvalue weighted by Crippen LogP contribution is 2.33. The first-order chi connectivity index (χ1) is 8.66. The average Bonchev–Trinajstić information content (AvgIpc) is 3.17. The first kappa shape index (κ1) is 13.2. The summed E-state index contributed by atoms with van der Waals surface area (Å²) in [6.07, 6.45) is 1.35. The molecular formula is C13H15ClO4. The van der Waals surface area contributed by atoms with E-state index in [2.05, 4.69) is 4.74 Å². The number of rotatable bonds is 6. The van der Waals surface area contributed by atoms with Gasteiger partial charge in [-0.3, -0.25) is 0 Å². The van der Waals surface area contributed by atoms with E-state index in [0.717, 1.165) is 12.2 Å². The van der Waals surface area contributed by atoms with Crippen molar-refractivity contribution in [3.05, 3.63) is 29.3 Å². The second-order valence-electron chi connectivity index (χ2n) is 4.18. The summed E-state index contributed by atoms with van der Waals surface area (Å²) in [5, 5.41) is 0.679. The number of hydrogen-bond donors (Lipinski definition) is 0. The van der Waals surface area contributed by atoms with Crippen LogP contribution < -0.4 is 4.74 Å². The molecule has 1 fully saturated rings. The predicted molar refractivity (Wildman–Crippen MR) is 66.9 cm³/mol. The van der Waals surface area contributed by atoms with Crippen molar-refractivity contribution in [2.24, 2.45) is 0 Å². The minimum atomic E-state index is -0.710. The fraction of sp³-hybridized carbons (Fsp3) is 0.462. The summed E-state index contributed by atoms with van der Waals surface area (Å²) in [7, 11) is 1.37. The molecule has 0 saturated carbocycles. The van der Waals surface area contributed by atoms with Gasteiger partial charge in [0.2, 0.25) is 0 Å². The zero-order valence-corrected chi connectivity index (χ0v) is 10.9. The number of hydrogen-bond acceptors (Lipinski definition) is 4. The van der Waals surface area contributed by atoms with Gasteiger partial charge < -0.3 is 14.2 Å². The molecule has 1 saturated heterocycles. The number of methoxy groups -OCH3 is 1. The molecule has 5 heteroatoms. The van der Waals surface area contributed by atoms with Crippen LogP contribution in [-0.4, -0.2) is 31.9 Å². The molecule has 0 aromatic heterocycles. The SMILES string of the molecule is COC(=O)C1(CCCOc2ccc(Cl)cc2)CO1. The van der Waals surface area contributed by atoms with Gasteiger partial charge in [0.1, 0.15) is 5.75 Å². The zero-order valence-electron chi connectivity index (χ0n) is 10.1. The Morgan fingerprint density at radius 2 is 2.11 bits per heavy atom. The van der Waals surface area contributed by atoms with Gasteiger partial charge in [0.25, 0.3) is 0 Å². The van der Waals surface area contributed by atoms with E-state index in [4.69, 9.17) is 21.1 Å². The van der Waals surface area contributed by atoms with Crippen molar-refractivity contribution in [3.8, 4) is 5.75 Å². The van der Waals surface area contributed by atoms with E-state index in [1.807, 2.05) is 12.1 Å². The number of halogens is 1. The van der Waals surface area contributed by atoms with Gasteiger partial charge in [-0.15, -0.1) is 0 Å². The van der Waals surface area contributed by atoms with E-state index in [-0.39, 0.29) is 5.97 Å². The van der Waals surface area contributed by atoms with Gasteiger partial charge in [0, 0.05) is 5.02 Å². The molecule has 0 amide bonds. The van der Waals surface area contributed by atoms with Crippen molar-refractivity contribution in [3.63, 3.8) is 0 Å². The Morgan fingerprint density at radius 3 is 2.67 bits per heavy atom. The van der Waals surface area contributed by atoms with Crippen LogP contribution in [0.2, 0.25) is 5.02 Å². The number of carbonyl (C=O) groups is 1. The molecular weight excluding hydrogens is 256 g/mol. The molecule has 18 heavy (non-hydrogen) atoms. The smallest absolute Gasteiger partial charge is 0.340 e. The van der Waals surface area contributed by atoms with E-state index in [1.165, 1.54) is 7.11 Å². The van der Waals surface area contributed by atoms with Gasteiger partial charge in [0.15, 0.2) is 5.60 Å². The highest BCUT2D eigenvalue weighted by Gasteiger charge is 2.52. The van der Waals surface area contributed by atoms with Gasteiger partial charge in [-0.25, -0.2) is 4.79 Å². The maximum absolute atomic E-state index is 11.4. The van der Waals surface area contributed by atoms with Crippen LogP contribution in [0.15, 0.2) is 24.3 Å². The Balaban J connectivity index is 1.70. The molecule has 1 atom stereocenters. The van der Waals surface area contributed by atoms with Crippen molar-refractivity contribution in [2.75, 3.05) is 20.3 Å². The maximum atomic E-state index is 11.4. The van der Waals surface area contributed by atoms with Gasteiger partial charge in [0.05, 0.1) is 20.3 Å². The first-order valence-corrected chi connectivity index (χ1v) is 6.15. The molecule has 0 N–H and O–H groups in total. The summed E-state index contributed by atoms with van der Waals surface area (Å²) < 4.78 is 15.4. The molecule has 0 radical (unpaired) electrons. The lowest BCUT2D eigenvalue weighted by Crippen LogP contribution is -2.26. The second kappa shape index (κ2) is 5.59. The van der Waals surface area contributed by atoms with Crippen LogP contribution in [0.25, 0.3) is 0 Å². The van der Waals surface area contributed by atoms with Crippen LogP contribution in [-0.2, 0) is 14.3 Å². The Hall–Kier alpha value is -1.26. The first-order valence-electron chi connectivity index (χ1n) is 5.77. The van der Waals surface area contributed by atoms with Gasteiger partial charge in [-0.05, 0) is 37.1 Å². The monoisotopic (exact) mass is 270 g/mol. The molecule has 4 nitrogen and oxygen atoms in total. The fourth-order valence-electron chi connectivity index (χ4n) is 1.72. The Kier molecular flexibility index (Phi) is 4.09. The van der Waals surface area contributed by atoms with Crippen LogP contribution in [0.5, 0.6) is 5.75 Å². The molecule has 1 aromatic rings. The molecule has 2 rings (SSSR count). The normalized spacial score (nSPS) is 21.4. The zero-order chi connectivity index (χ0) is 13.0. The molecule has 0 bridgehead atoms. The number of esters is 1. The molecule has 1 aliphatic rings. The Labute approximate surface area is 111 Å². The number of epoxide rings is 1. The third-order valence-electron chi connectivity index (χ3n) is 2.86. The molecule has 1 aromatic carbocycles. The largest absolute Gasteiger partial charge is 0.494 e. The molecule has 0 spiro atoms. The number of carbonyl (C=O) groups excluding carboxylic acids is 1. The lowest BCUT2D eigenvalue weighted by Gasteiger charge is -2.10. The van der Waals surface area contributed by atoms with Crippen molar-refractivity contribution < 1.29 is 19.0 Å². The van der Waals surface area contributed by atoms with Gasteiger partial charge in [-0.2, -0.15) is 0 Å². The molecule has 1 unspecified atom stereocenters. The van der Waals surface area contributed by atoms with Crippen LogP contribution in [0.3, 0.4) is 0 Å². The highest BCUT2D eigenvalue weighted by molar-refractivity contribution is 6.30. The quantitative estimate of drug-likeness (QED) is 0.453. The lowest BCUT2D eigenvalue weighted by molar-refractivity contribution is -0.147. The Morgan fingerprint density at radius 1 is 1.44 bits per heavy atom. The summed E-state index contributed by atoms with van der Waals surface area (Å²) in [5.74, 6) is 0.470. The van der Waals surface area contributed by atoms with Crippen LogP contribution >= 0.6 is 11.6 Å². The minimum absolute atomic E-state index is 0.297. The van der Waals surface area contributed by atoms with Crippen LogP contribution in [0, 0.1) is 0 Å². The predicted octanol–water partition coefficient (Wildman–Crippen LogP) is 2.44. The minimum Gasteiger partial charge on any atom is -0.494 e. The van der Waals surface area contributed by atoms with E-state index in [9.17, 15) is 4.79 Å². The topological polar surface area (TPSA) is 48.1 Å². The van der Waals surface area contributed by atoms with Crippen molar-refractivity contribution in [1.82, 2.24) is 0 Å². The van der Waals surface area contributed by atoms with Crippen molar-refractivity contribution in [1.29, 1.82) is 0 Å². The summed E-state index contributed by atoms with van der Waals surface area (Å²) >= 11 is 5.77. The van der Waals surface area contributed by atoms with Gasteiger partial charge in [-0.1, -0.05) is 11.6 Å². The lowest BCUT2D eigenvalue weighted by atomic mass is 10.1. The standard InChI is InChI=1S/C13H15ClO4/c1-16-12(15)13(9-18-13)7-2-8-17-11-5-3-10(14)4-6-11/h3-6H,2,7-9H2,1H3. The molecule has 1 aliphatic heterocycles. The van der Waals surface area contributed by atoms with Crippen molar-refractivity contribution >= 4 is 17.6 Å². The number of benzene rings is 1. The Bertz CT molecular complexity index is 412. The van der Waals surface area contributed by atoms with Crippen LogP contribution in [0.4, 0.5) is 0 Å². The summed E-state index contributed by atoms with van der Waals surface area (Å²) in [4.78, 5) is 11.4. The van der Waals surface area contributed by atoms with Gasteiger partial charge >= 0.3 is 5.97 Å². The van der Waals surface area contributed by atoms with Crippen molar-refractivity contribution in [2.45, 2.75) is 18.4 Å². The molecule has 98 valence electrons. The van der Waals surface area contributed by atoms with E-state index >= 15 is 0 Å². The third-order valence-corrected chi connectivity index (χ3v) is 3.11. The highest BCUT2D eigenvalue weighted by atomic mass is 35.5. The second-order valence-corrected chi connectivity index (χ2v) is 4.62. The fourth-order valence-corrected chi connectivity index (χ4v) is 1.84. The van der Waals surface area contributed by atoms with E-state index < -0.39 is 5.60 Å². The maximum Gasteiger partial charge on any atom is 0.340 e. The van der Waals surface area contributed by atoms with Crippen LogP contribution in [0.1, 0.15) is 12.8 Å². The van der Waals surface area contributed by atoms with E-state index in [1.54, 1.807) is 12.1 Å². The average molecular weight is 271 g/mol. The molecule has 0 aliphatic carbocycles. The van der Waals surface area contributed by atoms with E-state index in [0.29, 0.717) is 24.7 Å². The number of ether oxygens (including phenoxy) is 3. The summed E-state index contributed by atoms with van der Waals surface area (Å²) in [6.45, 7) is 0.977. The summed E-state index contributed by atoms with van der Waals surface area (Å²) in [5.41, 5.74) is -0.710. The summed E-state index contributed by atoms with van der Waals surface area (Å²) in [6, 6.07) is 7.17. The third kappa shape index (κ3) is 3.15. The molecule has 1 heterocycles.